The van der Waals surface area contributed by atoms with E-state index in [0.29, 0.717) is 5.75 Å². The Morgan fingerprint density at radius 1 is 1.15 bits per heavy atom. The Hall–Kier alpha value is -2.43. The molecular weight excluding hydrogens is 252 g/mol. The highest BCUT2D eigenvalue weighted by atomic mass is 16.5. The Labute approximate surface area is 118 Å². The average Bonchev–Trinajstić information content (AvgIpc) is 2.38. The van der Waals surface area contributed by atoms with Gasteiger partial charge in [-0.15, -0.1) is 0 Å². The summed E-state index contributed by atoms with van der Waals surface area (Å²) >= 11 is 0. The van der Waals surface area contributed by atoms with E-state index in [1.54, 1.807) is 0 Å². The largest absolute Gasteiger partial charge is 0.437 e. The molecule has 1 aromatic carbocycles. The lowest BCUT2D eigenvalue weighted by Crippen LogP contribution is -2.16. The molecule has 0 amide bonds. The zero-order valence-electron chi connectivity index (χ0n) is 11.8. The number of hydrogen-bond donors (Lipinski definition) is 2. The third-order valence-electron chi connectivity index (χ3n) is 2.82. The lowest BCUT2D eigenvalue weighted by Gasteiger charge is -2.22. The van der Waals surface area contributed by atoms with Gasteiger partial charge in [-0.25, -0.2) is 9.97 Å². The molecule has 0 saturated carbocycles. The van der Waals surface area contributed by atoms with E-state index in [4.69, 9.17) is 15.9 Å². The molecule has 0 saturated heterocycles. The number of nitrogen functional groups attached to an aromatic ring is 1. The molecule has 0 aliphatic rings. The van der Waals surface area contributed by atoms with Crippen LogP contribution in [0.4, 0.5) is 0 Å². The van der Waals surface area contributed by atoms with E-state index >= 15 is 0 Å². The standard InChI is InChI=1S/C15H18N4O/c1-15(2,3)10-6-4-5-7-11(10)20-14-12(13(16)17)18-8-9-19-14/h4-9H,1-3H3,(H3,16,17). The minimum atomic E-state index is -0.165. The van der Waals surface area contributed by atoms with Crippen LogP contribution in [-0.4, -0.2) is 15.8 Å². The first-order valence-electron chi connectivity index (χ1n) is 6.32. The highest BCUT2D eigenvalue weighted by molar-refractivity contribution is 5.95. The van der Waals surface area contributed by atoms with E-state index in [0.717, 1.165) is 5.56 Å². The zero-order valence-corrected chi connectivity index (χ0v) is 11.8. The molecule has 0 aliphatic carbocycles. The molecular formula is C15H18N4O. The number of nitrogens with zero attached hydrogens (tertiary/aromatic N) is 2. The molecule has 2 rings (SSSR count). The number of ether oxygens (including phenoxy) is 1. The summed E-state index contributed by atoms with van der Waals surface area (Å²) in [7, 11) is 0. The Balaban J connectivity index is 2.44. The fourth-order valence-corrected chi connectivity index (χ4v) is 1.86. The monoisotopic (exact) mass is 270 g/mol. The number of para-hydroxylation sites is 1. The Morgan fingerprint density at radius 2 is 1.80 bits per heavy atom. The summed E-state index contributed by atoms with van der Waals surface area (Å²) in [5, 5.41) is 7.51. The highest BCUT2D eigenvalue weighted by Gasteiger charge is 2.20. The van der Waals surface area contributed by atoms with Crippen LogP contribution in [0.2, 0.25) is 0 Å². The fourth-order valence-electron chi connectivity index (χ4n) is 1.86. The van der Waals surface area contributed by atoms with Crippen molar-refractivity contribution < 1.29 is 4.74 Å². The van der Waals surface area contributed by atoms with Gasteiger partial charge in [0.25, 0.3) is 0 Å². The molecule has 2 aromatic rings. The predicted octanol–water partition coefficient (Wildman–Crippen LogP) is 2.85. The summed E-state index contributed by atoms with van der Waals surface area (Å²) in [5.74, 6) is 0.779. The SMILES string of the molecule is CC(C)(C)c1ccccc1Oc1nccnc1C(=N)N. The molecule has 0 spiro atoms. The minimum absolute atomic E-state index is 0.0603. The highest BCUT2D eigenvalue weighted by Crippen LogP contribution is 2.33. The van der Waals surface area contributed by atoms with E-state index in [1.807, 2.05) is 24.3 Å². The van der Waals surface area contributed by atoms with Crippen molar-refractivity contribution in [2.24, 2.45) is 5.73 Å². The van der Waals surface area contributed by atoms with Gasteiger partial charge >= 0.3 is 0 Å². The quantitative estimate of drug-likeness (QED) is 0.663. The van der Waals surface area contributed by atoms with Crippen molar-refractivity contribution in [2.45, 2.75) is 26.2 Å². The number of nitrogens with one attached hydrogen (secondary N) is 1. The normalized spacial score (nSPS) is 11.2. The van der Waals surface area contributed by atoms with Gasteiger partial charge in [-0.1, -0.05) is 39.0 Å². The molecule has 3 N–H and O–H groups in total. The lowest BCUT2D eigenvalue weighted by molar-refractivity contribution is 0.436. The summed E-state index contributed by atoms with van der Waals surface area (Å²) in [6, 6.07) is 7.75. The molecule has 20 heavy (non-hydrogen) atoms. The first-order valence-corrected chi connectivity index (χ1v) is 6.32. The maximum absolute atomic E-state index is 7.51. The zero-order chi connectivity index (χ0) is 14.8. The molecule has 5 heteroatoms. The molecule has 1 heterocycles. The molecule has 0 bridgehead atoms. The molecule has 1 aromatic heterocycles. The van der Waals surface area contributed by atoms with Gasteiger partial charge in [0.1, 0.15) is 11.6 Å². The van der Waals surface area contributed by atoms with Crippen LogP contribution in [0.1, 0.15) is 32.0 Å². The molecule has 0 radical (unpaired) electrons. The number of benzene rings is 1. The van der Waals surface area contributed by atoms with Crippen LogP contribution in [0.3, 0.4) is 0 Å². The van der Waals surface area contributed by atoms with Crippen LogP contribution in [0, 0.1) is 5.41 Å². The third kappa shape index (κ3) is 2.93. The van der Waals surface area contributed by atoms with Crippen molar-refractivity contribution in [2.75, 3.05) is 0 Å². The van der Waals surface area contributed by atoms with Gasteiger partial charge in [0.2, 0.25) is 5.88 Å². The molecule has 104 valence electrons. The number of nitrogens with two attached hydrogens (primary N) is 1. The topological polar surface area (TPSA) is 84.9 Å². The van der Waals surface area contributed by atoms with Crippen LogP contribution < -0.4 is 10.5 Å². The van der Waals surface area contributed by atoms with Crippen molar-refractivity contribution >= 4 is 5.84 Å². The van der Waals surface area contributed by atoms with Crippen molar-refractivity contribution in [1.29, 1.82) is 5.41 Å². The number of rotatable bonds is 3. The van der Waals surface area contributed by atoms with Crippen LogP contribution in [0.15, 0.2) is 36.7 Å². The smallest absolute Gasteiger partial charge is 0.249 e. The van der Waals surface area contributed by atoms with Gasteiger partial charge in [0.05, 0.1) is 0 Å². The maximum atomic E-state index is 7.51. The maximum Gasteiger partial charge on any atom is 0.249 e. The number of aromatic nitrogens is 2. The van der Waals surface area contributed by atoms with Gasteiger partial charge in [-0.3, -0.25) is 5.41 Å². The predicted molar refractivity (Wildman–Crippen MR) is 78.3 cm³/mol. The van der Waals surface area contributed by atoms with Crippen LogP contribution >= 0.6 is 0 Å². The van der Waals surface area contributed by atoms with Crippen LogP contribution in [0.5, 0.6) is 11.6 Å². The van der Waals surface area contributed by atoms with E-state index < -0.39 is 0 Å². The summed E-state index contributed by atoms with van der Waals surface area (Å²) in [5.41, 5.74) is 6.73. The van der Waals surface area contributed by atoms with Crippen LogP contribution in [0.25, 0.3) is 0 Å². The van der Waals surface area contributed by atoms with E-state index in [9.17, 15) is 0 Å². The van der Waals surface area contributed by atoms with Gasteiger partial charge in [0.15, 0.2) is 5.69 Å². The van der Waals surface area contributed by atoms with Gasteiger partial charge in [-0.2, -0.15) is 0 Å². The molecule has 0 fully saturated rings. The summed E-state index contributed by atoms with van der Waals surface area (Å²) < 4.78 is 5.83. The summed E-state index contributed by atoms with van der Waals surface area (Å²) in [6.45, 7) is 6.33. The van der Waals surface area contributed by atoms with Crippen molar-refractivity contribution in [3.8, 4) is 11.6 Å². The molecule has 0 atom stereocenters. The lowest BCUT2D eigenvalue weighted by atomic mass is 9.86. The van der Waals surface area contributed by atoms with Crippen molar-refractivity contribution in [3.05, 3.63) is 47.9 Å². The average molecular weight is 270 g/mol. The van der Waals surface area contributed by atoms with Crippen molar-refractivity contribution in [1.82, 2.24) is 9.97 Å². The van der Waals surface area contributed by atoms with Gasteiger partial charge in [0, 0.05) is 18.0 Å². The molecule has 5 nitrogen and oxygen atoms in total. The molecule has 0 aliphatic heterocycles. The fraction of sp³-hybridized carbons (Fsp3) is 0.267. The first kappa shape index (κ1) is 14.0. The Kier molecular flexibility index (Phi) is 3.70. The summed E-state index contributed by atoms with van der Waals surface area (Å²) in [6.07, 6.45) is 3.00. The second-order valence-corrected chi connectivity index (χ2v) is 5.47. The second-order valence-electron chi connectivity index (χ2n) is 5.47. The minimum Gasteiger partial charge on any atom is -0.437 e. The Bertz CT molecular complexity index is 632. The van der Waals surface area contributed by atoms with E-state index in [2.05, 4.69) is 30.7 Å². The van der Waals surface area contributed by atoms with E-state index in [-0.39, 0.29) is 22.8 Å². The molecule has 0 unspecified atom stereocenters. The summed E-state index contributed by atoms with van der Waals surface area (Å²) in [4.78, 5) is 8.14. The van der Waals surface area contributed by atoms with E-state index in [1.165, 1.54) is 12.4 Å². The van der Waals surface area contributed by atoms with Crippen molar-refractivity contribution in [3.63, 3.8) is 0 Å². The van der Waals surface area contributed by atoms with Gasteiger partial charge < -0.3 is 10.5 Å². The van der Waals surface area contributed by atoms with Gasteiger partial charge in [-0.05, 0) is 11.5 Å². The van der Waals surface area contributed by atoms with Crippen LogP contribution in [-0.2, 0) is 5.41 Å². The number of hydrogen-bond acceptors (Lipinski definition) is 4. The Morgan fingerprint density at radius 3 is 2.45 bits per heavy atom. The third-order valence-corrected chi connectivity index (χ3v) is 2.82. The number of amidine groups is 1. The first-order chi connectivity index (χ1) is 9.39. The second kappa shape index (κ2) is 5.28.